The zero-order valence-corrected chi connectivity index (χ0v) is 18.2. The quantitative estimate of drug-likeness (QED) is 0.582. The lowest BCUT2D eigenvalue weighted by Crippen LogP contribution is -2.53. The number of carbonyl (C=O) groups is 4. The van der Waals surface area contributed by atoms with Crippen LogP contribution in [0.25, 0.3) is 0 Å². The van der Waals surface area contributed by atoms with Gasteiger partial charge in [-0.3, -0.25) is 29.4 Å². The van der Waals surface area contributed by atoms with Crippen LogP contribution in [0.4, 0.5) is 5.69 Å². The number of carbonyl (C=O) groups excluding carboxylic acids is 3. The normalized spacial score (nSPS) is 27.7. The molecule has 0 aliphatic carbocycles. The lowest BCUT2D eigenvalue weighted by Gasteiger charge is -2.29. The number of amides is 3. The van der Waals surface area contributed by atoms with E-state index in [1.165, 1.54) is 4.90 Å². The Labute approximate surface area is 191 Å². The van der Waals surface area contributed by atoms with Gasteiger partial charge in [0.25, 0.3) is 0 Å². The molecule has 2 fully saturated rings. The molecule has 3 aliphatic rings. The number of aryl methyl sites for hydroxylation is 1. The molecule has 170 valence electrons. The minimum Gasteiger partial charge on any atom is -0.481 e. The van der Waals surface area contributed by atoms with Crippen LogP contribution in [0, 0.1) is 18.8 Å². The summed E-state index contributed by atoms with van der Waals surface area (Å²) in [5.74, 6) is -3.78. The summed E-state index contributed by atoms with van der Waals surface area (Å²) in [4.78, 5) is 53.0. The molecular weight excluding hydrogens is 422 g/mol. The van der Waals surface area contributed by atoms with E-state index in [9.17, 15) is 24.3 Å². The molecule has 33 heavy (non-hydrogen) atoms. The number of hydrogen-bond acceptors (Lipinski definition) is 5. The first-order valence-corrected chi connectivity index (χ1v) is 11.1. The van der Waals surface area contributed by atoms with Gasteiger partial charge in [0.15, 0.2) is 0 Å². The number of nitrogens with zero attached hydrogens (tertiary/aromatic N) is 1. The van der Waals surface area contributed by atoms with Gasteiger partial charge >= 0.3 is 5.97 Å². The molecule has 0 bridgehead atoms. The summed E-state index contributed by atoms with van der Waals surface area (Å²) in [6, 6.07) is 14.5. The number of carboxylic acids is 1. The highest BCUT2D eigenvalue weighted by Crippen LogP contribution is 2.53. The molecule has 0 unspecified atom stereocenters. The van der Waals surface area contributed by atoms with Gasteiger partial charge < -0.3 is 10.4 Å². The van der Waals surface area contributed by atoms with Crippen molar-refractivity contribution in [1.29, 1.82) is 0 Å². The maximum atomic E-state index is 13.7. The number of imide groups is 1. The summed E-state index contributed by atoms with van der Waals surface area (Å²) in [5, 5.41) is 15.4. The van der Waals surface area contributed by atoms with Gasteiger partial charge in [0.05, 0.1) is 11.8 Å². The number of nitrogens with one attached hydrogen (secondary N) is 2. The van der Waals surface area contributed by atoms with Crippen LogP contribution in [-0.2, 0) is 31.1 Å². The summed E-state index contributed by atoms with van der Waals surface area (Å²) < 4.78 is 0. The van der Waals surface area contributed by atoms with Crippen LogP contribution in [0.1, 0.15) is 29.5 Å². The van der Waals surface area contributed by atoms with Crippen molar-refractivity contribution >= 4 is 29.4 Å². The van der Waals surface area contributed by atoms with Crippen molar-refractivity contribution in [2.24, 2.45) is 11.8 Å². The van der Waals surface area contributed by atoms with E-state index in [-0.39, 0.29) is 37.1 Å². The number of benzene rings is 2. The molecule has 5 rings (SSSR count). The first-order valence-electron chi connectivity index (χ1n) is 11.1. The van der Waals surface area contributed by atoms with E-state index in [1.807, 2.05) is 49.4 Å². The molecule has 2 aromatic carbocycles. The van der Waals surface area contributed by atoms with Crippen molar-refractivity contribution in [3.8, 4) is 0 Å². The number of hydrogen-bond donors (Lipinski definition) is 3. The number of likely N-dealkylation sites (tertiary alicyclic amines) is 1. The summed E-state index contributed by atoms with van der Waals surface area (Å²) >= 11 is 0. The van der Waals surface area contributed by atoms with E-state index in [1.54, 1.807) is 6.07 Å². The third kappa shape index (κ3) is 3.24. The summed E-state index contributed by atoms with van der Waals surface area (Å²) in [6.45, 7) is 2.12. The molecule has 8 heteroatoms. The number of fused-ring (bicyclic) bond motifs is 4. The van der Waals surface area contributed by atoms with Gasteiger partial charge in [-0.05, 0) is 31.4 Å². The van der Waals surface area contributed by atoms with E-state index >= 15 is 0 Å². The Morgan fingerprint density at radius 3 is 2.58 bits per heavy atom. The van der Waals surface area contributed by atoms with Gasteiger partial charge in [-0.15, -0.1) is 0 Å². The Bertz CT molecular complexity index is 1160. The topological polar surface area (TPSA) is 116 Å². The Morgan fingerprint density at radius 1 is 1.09 bits per heavy atom. The van der Waals surface area contributed by atoms with Crippen LogP contribution in [0.3, 0.4) is 0 Å². The maximum Gasteiger partial charge on any atom is 0.303 e. The number of rotatable bonds is 6. The van der Waals surface area contributed by atoms with Gasteiger partial charge in [-0.2, -0.15) is 0 Å². The maximum absolute atomic E-state index is 13.7. The lowest BCUT2D eigenvalue weighted by molar-refractivity contribution is -0.143. The molecule has 0 saturated carbocycles. The van der Waals surface area contributed by atoms with Crippen molar-refractivity contribution in [1.82, 2.24) is 10.2 Å². The second-order valence-corrected chi connectivity index (χ2v) is 9.06. The van der Waals surface area contributed by atoms with Crippen molar-refractivity contribution in [2.75, 3.05) is 11.9 Å². The molecule has 3 heterocycles. The molecule has 3 amide bonds. The third-order valence-electron chi connectivity index (χ3n) is 7.10. The van der Waals surface area contributed by atoms with Crippen LogP contribution in [0.2, 0.25) is 0 Å². The van der Waals surface area contributed by atoms with Crippen LogP contribution in [-0.4, -0.2) is 46.3 Å². The minimum absolute atomic E-state index is 0.151. The molecule has 0 aromatic heterocycles. The van der Waals surface area contributed by atoms with E-state index in [0.717, 1.165) is 11.1 Å². The summed E-state index contributed by atoms with van der Waals surface area (Å²) in [6.07, 6.45) is 0.503. The van der Waals surface area contributed by atoms with E-state index in [2.05, 4.69) is 10.6 Å². The smallest absolute Gasteiger partial charge is 0.303 e. The average Bonchev–Trinajstić information content (AvgIpc) is 3.37. The Balaban J connectivity index is 1.53. The number of carboxylic acid groups (broad SMARTS) is 1. The molecule has 0 radical (unpaired) electrons. The highest BCUT2D eigenvalue weighted by atomic mass is 16.4. The first kappa shape index (κ1) is 21.3. The monoisotopic (exact) mass is 447 g/mol. The first-order chi connectivity index (χ1) is 15.8. The second-order valence-electron chi connectivity index (χ2n) is 9.06. The molecule has 2 saturated heterocycles. The molecule has 4 atom stereocenters. The largest absolute Gasteiger partial charge is 0.481 e. The standard InChI is InChI=1S/C25H25N3O5/c1-14-7-8-17-16(13-14)25(24(33)26-17)21-20(18(27-25)9-10-19(29)30)22(31)28(23(21)32)12-11-15-5-3-2-4-6-15/h2-8,13,18,20-21,27H,9-12H2,1H3,(H,26,33)(H,29,30)/t18-,20+,21-,25+/m0/s1. The van der Waals surface area contributed by atoms with E-state index < -0.39 is 29.4 Å². The van der Waals surface area contributed by atoms with Gasteiger partial charge in [-0.1, -0.05) is 48.0 Å². The fourth-order valence-electron chi connectivity index (χ4n) is 5.61. The van der Waals surface area contributed by atoms with Gasteiger partial charge in [0, 0.05) is 30.3 Å². The van der Waals surface area contributed by atoms with Crippen LogP contribution in [0.5, 0.6) is 0 Å². The van der Waals surface area contributed by atoms with Crippen LogP contribution < -0.4 is 10.6 Å². The third-order valence-corrected chi connectivity index (χ3v) is 7.10. The fraction of sp³-hybridized carbons (Fsp3) is 0.360. The predicted octanol–water partition coefficient (Wildman–Crippen LogP) is 1.82. The number of anilines is 1. The van der Waals surface area contributed by atoms with Crippen molar-refractivity contribution < 1.29 is 24.3 Å². The SMILES string of the molecule is Cc1ccc2c(c1)[C@]1(N[C@@H](CCC(=O)O)[C@H]3C(=O)N(CCc4ccccc4)C(=O)[C@H]31)C(=O)N2. The minimum atomic E-state index is -1.39. The van der Waals surface area contributed by atoms with Gasteiger partial charge in [0.1, 0.15) is 5.54 Å². The molecule has 8 nitrogen and oxygen atoms in total. The van der Waals surface area contributed by atoms with E-state index in [0.29, 0.717) is 17.7 Å². The molecule has 2 aromatic rings. The number of aliphatic carboxylic acids is 1. The highest BCUT2D eigenvalue weighted by molar-refractivity contribution is 6.15. The second kappa shape index (κ2) is 7.81. The van der Waals surface area contributed by atoms with Gasteiger partial charge in [-0.25, -0.2) is 0 Å². The predicted molar refractivity (Wildman–Crippen MR) is 119 cm³/mol. The van der Waals surface area contributed by atoms with Crippen molar-refractivity contribution in [3.63, 3.8) is 0 Å². The van der Waals surface area contributed by atoms with Gasteiger partial charge in [0.2, 0.25) is 17.7 Å². The molecule has 1 spiro atoms. The molecule has 3 N–H and O–H groups in total. The Morgan fingerprint density at radius 2 is 1.85 bits per heavy atom. The summed E-state index contributed by atoms with van der Waals surface area (Å²) in [7, 11) is 0. The summed E-state index contributed by atoms with van der Waals surface area (Å²) in [5.41, 5.74) is 1.80. The molecular formula is C25H25N3O5. The van der Waals surface area contributed by atoms with Crippen LogP contribution in [0.15, 0.2) is 48.5 Å². The zero-order valence-electron chi connectivity index (χ0n) is 18.2. The average molecular weight is 447 g/mol. The van der Waals surface area contributed by atoms with Crippen molar-refractivity contribution in [3.05, 3.63) is 65.2 Å². The lowest BCUT2D eigenvalue weighted by atomic mass is 9.76. The highest BCUT2D eigenvalue weighted by Gasteiger charge is 2.70. The Kier molecular flexibility index (Phi) is 5.05. The van der Waals surface area contributed by atoms with Crippen molar-refractivity contribution in [2.45, 2.75) is 37.8 Å². The fourth-order valence-corrected chi connectivity index (χ4v) is 5.61. The van der Waals surface area contributed by atoms with Crippen LogP contribution >= 0.6 is 0 Å². The zero-order chi connectivity index (χ0) is 23.3. The van der Waals surface area contributed by atoms with E-state index in [4.69, 9.17) is 0 Å². The Hall–Kier alpha value is -3.52. The molecule has 3 aliphatic heterocycles.